The molecular formula is C14H21NO. The molecule has 0 aliphatic carbocycles. The van der Waals surface area contributed by atoms with E-state index in [1.807, 2.05) is 0 Å². The molecule has 2 heteroatoms. The van der Waals surface area contributed by atoms with E-state index in [0.717, 1.165) is 25.8 Å². The van der Waals surface area contributed by atoms with Crippen molar-refractivity contribution in [2.45, 2.75) is 32.2 Å². The molecule has 1 aliphatic heterocycles. The second-order valence-corrected chi connectivity index (χ2v) is 4.67. The van der Waals surface area contributed by atoms with Crippen LogP contribution in [0.2, 0.25) is 0 Å². The lowest BCUT2D eigenvalue weighted by molar-refractivity contribution is 0.176. The van der Waals surface area contributed by atoms with Gasteiger partial charge in [0.25, 0.3) is 0 Å². The van der Waals surface area contributed by atoms with Crippen LogP contribution in [0.3, 0.4) is 0 Å². The summed E-state index contributed by atoms with van der Waals surface area (Å²) in [6, 6.07) is 9.28. The van der Waals surface area contributed by atoms with Crippen molar-refractivity contribution in [2.75, 3.05) is 13.2 Å². The summed E-state index contributed by atoms with van der Waals surface area (Å²) in [7, 11) is 0. The fraction of sp³-hybridized carbons (Fsp3) is 0.571. The van der Waals surface area contributed by atoms with E-state index >= 15 is 0 Å². The maximum atomic E-state index is 9.21. The van der Waals surface area contributed by atoms with Gasteiger partial charge in [0.2, 0.25) is 0 Å². The van der Waals surface area contributed by atoms with Crippen LogP contribution >= 0.6 is 0 Å². The Kier molecular flexibility index (Phi) is 3.97. The van der Waals surface area contributed by atoms with Crippen LogP contribution in [0.25, 0.3) is 0 Å². The van der Waals surface area contributed by atoms with E-state index in [-0.39, 0.29) is 0 Å². The topological polar surface area (TPSA) is 32.3 Å². The number of nitrogens with one attached hydrogen (secondary N) is 1. The minimum Gasteiger partial charge on any atom is -0.396 e. The maximum Gasteiger partial charge on any atom is 0.0460 e. The first-order chi connectivity index (χ1) is 7.83. The molecule has 0 bridgehead atoms. The van der Waals surface area contributed by atoms with E-state index in [9.17, 15) is 5.11 Å². The quantitative estimate of drug-likeness (QED) is 0.817. The van der Waals surface area contributed by atoms with Crippen LogP contribution in [0.15, 0.2) is 24.3 Å². The number of piperidine rings is 1. The first kappa shape index (κ1) is 11.6. The Hall–Kier alpha value is -0.860. The summed E-state index contributed by atoms with van der Waals surface area (Å²) in [4.78, 5) is 0. The molecule has 16 heavy (non-hydrogen) atoms. The molecule has 0 radical (unpaired) electrons. The highest BCUT2D eigenvalue weighted by Gasteiger charge is 2.21. The van der Waals surface area contributed by atoms with Crippen molar-refractivity contribution in [3.05, 3.63) is 35.4 Å². The van der Waals surface area contributed by atoms with Crippen LogP contribution in [0.5, 0.6) is 0 Å². The molecule has 0 spiro atoms. The third kappa shape index (κ3) is 2.63. The van der Waals surface area contributed by atoms with Gasteiger partial charge < -0.3 is 10.4 Å². The van der Waals surface area contributed by atoms with Gasteiger partial charge >= 0.3 is 0 Å². The highest BCUT2D eigenvalue weighted by molar-refractivity contribution is 5.25. The molecule has 2 atom stereocenters. The summed E-state index contributed by atoms with van der Waals surface area (Å²) in [6.45, 7) is 3.52. The normalized spacial score (nSPS) is 25.6. The first-order valence-electron chi connectivity index (χ1n) is 6.26. The van der Waals surface area contributed by atoms with Gasteiger partial charge in [-0.3, -0.25) is 0 Å². The Labute approximate surface area is 97.7 Å². The minimum absolute atomic E-state index is 0.325. The van der Waals surface area contributed by atoms with Crippen molar-refractivity contribution in [1.29, 1.82) is 0 Å². The summed E-state index contributed by atoms with van der Waals surface area (Å²) in [5.41, 5.74) is 2.74. The second kappa shape index (κ2) is 5.46. The number of aliphatic hydroxyl groups is 1. The van der Waals surface area contributed by atoms with Crippen molar-refractivity contribution < 1.29 is 5.11 Å². The van der Waals surface area contributed by atoms with Crippen LogP contribution in [0.1, 0.15) is 36.9 Å². The number of hydrogen-bond acceptors (Lipinski definition) is 2. The van der Waals surface area contributed by atoms with Gasteiger partial charge in [0.05, 0.1) is 0 Å². The number of aryl methyl sites for hydroxylation is 1. The number of hydrogen-bond donors (Lipinski definition) is 2. The van der Waals surface area contributed by atoms with Gasteiger partial charge in [0.1, 0.15) is 0 Å². The predicted octanol–water partition coefficient (Wildman–Crippen LogP) is 2.28. The number of rotatable bonds is 3. The molecule has 1 aliphatic rings. The lowest BCUT2D eigenvalue weighted by atomic mass is 9.89. The van der Waals surface area contributed by atoms with Gasteiger partial charge in [-0.1, -0.05) is 31.2 Å². The van der Waals surface area contributed by atoms with Gasteiger partial charge in [0, 0.05) is 12.6 Å². The lowest BCUT2D eigenvalue weighted by Crippen LogP contribution is -2.33. The van der Waals surface area contributed by atoms with Crippen molar-refractivity contribution >= 4 is 0 Å². The Balaban J connectivity index is 2.05. The Bertz CT molecular complexity index is 320. The zero-order valence-electron chi connectivity index (χ0n) is 9.95. The molecule has 1 aromatic carbocycles. The van der Waals surface area contributed by atoms with Crippen molar-refractivity contribution in [2.24, 2.45) is 5.92 Å². The summed E-state index contributed by atoms with van der Waals surface area (Å²) in [5, 5.41) is 12.7. The zero-order chi connectivity index (χ0) is 11.4. The zero-order valence-corrected chi connectivity index (χ0v) is 9.95. The molecule has 0 saturated carbocycles. The standard InChI is InChI=1S/C14H21NO/c1-2-11-3-5-13(6-4-11)14-9-12(10-16)7-8-15-14/h3-6,12,14-16H,2,7-10H2,1H3. The van der Waals surface area contributed by atoms with Crippen LogP contribution in [0, 0.1) is 5.92 Å². The lowest BCUT2D eigenvalue weighted by Gasteiger charge is -2.29. The Morgan fingerprint density at radius 3 is 2.69 bits per heavy atom. The van der Waals surface area contributed by atoms with Gasteiger partial charge in [-0.15, -0.1) is 0 Å². The van der Waals surface area contributed by atoms with E-state index in [4.69, 9.17) is 0 Å². The Morgan fingerprint density at radius 1 is 1.31 bits per heavy atom. The van der Waals surface area contributed by atoms with E-state index in [1.165, 1.54) is 11.1 Å². The van der Waals surface area contributed by atoms with E-state index in [1.54, 1.807) is 0 Å². The molecule has 1 saturated heterocycles. The summed E-state index contributed by atoms with van der Waals surface area (Å²) in [6.07, 6.45) is 3.25. The van der Waals surface area contributed by atoms with Gasteiger partial charge in [-0.25, -0.2) is 0 Å². The highest BCUT2D eigenvalue weighted by atomic mass is 16.3. The van der Waals surface area contributed by atoms with Gasteiger partial charge in [-0.05, 0) is 42.9 Å². The fourth-order valence-electron chi connectivity index (χ4n) is 2.40. The molecule has 1 fully saturated rings. The van der Waals surface area contributed by atoms with Crippen molar-refractivity contribution in [1.82, 2.24) is 5.32 Å². The molecule has 1 aromatic rings. The monoisotopic (exact) mass is 219 g/mol. The van der Waals surface area contributed by atoms with Crippen LogP contribution < -0.4 is 5.32 Å². The molecule has 2 nitrogen and oxygen atoms in total. The third-order valence-electron chi connectivity index (χ3n) is 3.56. The average Bonchev–Trinajstić information content (AvgIpc) is 2.39. The maximum absolute atomic E-state index is 9.21. The van der Waals surface area contributed by atoms with E-state index < -0.39 is 0 Å². The van der Waals surface area contributed by atoms with E-state index in [0.29, 0.717) is 18.6 Å². The van der Waals surface area contributed by atoms with Gasteiger partial charge in [0.15, 0.2) is 0 Å². The SMILES string of the molecule is CCc1ccc(C2CC(CO)CCN2)cc1. The minimum atomic E-state index is 0.325. The average molecular weight is 219 g/mol. The largest absolute Gasteiger partial charge is 0.396 e. The first-order valence-corrected chi connectivity index (χ1v) is 6.26. The summed E-state index contributed by atoms with van der Waals surface area (Å²) in [5.74, 6) is 0.470. The molecule has 2 rings (SSSR count). The van der Waals surface area contributed by atoms with Crippen LogP contribution in [0.4, 0.5) is 0 Å². The second-order valence-electron chi connectivity index (χ2n) is 4.67. The number of aliphatic hydroxyl groups excluding tert-OH is 1. The molecular weight excluding hydrogens is 198 g/mol. The molecule has 2 N–H and O–H groups in total. The fourth-order valence-corrected chi connectivity index (χ4v) is 2.40. The van der Waals surface area contributed by atoms with Gasteiger partial charge in [-0.2, -0.15) is 0 Å². The van der Waals surface area contributed by atoms with E-state index in [2.05, 4.69) is 36.5 Å². The molecule has 1 heterocycles. The Morgan fingerprint density at radius 2 is 2.06 bits per heavy atom. The molecule has 0 amide bonds. The van der Waals surface area contributed by atoms with Crippen LogP contribution in [-0.2, 0) is 6.42 Å². The smallest absolute Gasteiger partial charge is 0.0460 e. The predicted molar refractivity (Wildman–Crippen MR) is 66.4 cm³/mol. The third-order valence-corrected chi connectivity index (χ3v) is 3.56. The van der Waals surface area contributed by atoms with Crippen molar-refractivity contribution in [3.8, 4) is 0 Å². The summed E-state index contributed by atoms with van der Waals surface area (Å²) < 4.78 is 0. The summed E-state index contributed by atoms with van der Waals surface area (Å²) >= 11 is 0. The molecule has 2 unspecified atom stereocenters. The highest BCUT2D eigenvalue weighted by Crippen LogP contribution is 2.27. The van der Waals surface area contributed by atoms with Crippen molar-refractivity contribution in [3.63, 3.8) is 0 Å². The molecule has 88 valence electrons. The molecule has 0 aromatic heterocycles. The van der Waals surface area contributed by atoms with Crippen LogP contribution in [-0.4, -0.2) is 18.3 Å². The number of benzene rings is 1.